The van der Waals surface area contributed by atoms with Crippen molar-refractivity contribution >= 4 is 5.91 Å². The zero-order chi connectivity index (χ0) is 16.8. The van der Waals surface area contributed by atoms with Crippen LogP contribution in [0.1, 0.15) is 5.69 Å². The van der Waals surface area contributed by atoms with Crippen LogP contribution in [0.3, 0.4) is 0 Å². The molecule has 24 heavy (non-hydrogen) atoms. The largest absolute Gasteiger partial charge is 0.481 e. The fourth-order valence-corrected chi connectivity index (χ4v) is 2.05. The molecule has 7 heteroatoms. The fraction of sp³-hybridized carbons (Fsp3) is 0.118. The first kappa shape index (κ1) is 15.7. The molecule has 122 valence electrons. The maximum Gasteiger partial charge on any atom is 0.258 e. The number of hydrogen-bond donors (Lipinski definition) is 1. The van der Waals surface area contributed by atoms with Crippen molar-refractivity contribution in [2.24, 2.45) is 0 Å². The van der Waals surface area contributed by atoms with Crippen LogP contribution in [0.25, 0.3) is 11.5 Å². The molecule has 0 aliphatic rings. The standard InChI is InChI=1S/C17H14FN3O3/c18-12-4-1-2-5-14(12)24-11-16(22)21-10-13-17(20-8-7-19-13)15-6-3-9-23-15/h1-9H,10-11H2,(H,21,22). The molecule has 1 N–H and O–H groups in total. The van der Waals surface area contributed by atoms with Gasteiger partial charge in [-0.2, -0.15) is 0 Å². The number of nitrogens with zero attached hydrogens (tertiary/aromatic N) is 2. The number of furan rings is 1. The number of halogens is 1. The van der Waals surface area contributed by atoms with Gasteiger partial charge in [-0.05, 0) is 24.3 Å². The molecule has 0 fully saturated rings. The first-order valence-electron chi connectivity index (χ1n) is 7.22. The number of carbonyl (C=O) groups is 1. The monoisotopic (exact) mass is 327 g/mol. The Hall–Kier alpha value is -3.22. The van der Waals surface area contributed by atoms with Gasteiger partial charge in [-0.25, -0.2) is 9.37 Å². The summed E-state index contributed by atoms with van der Waals surface area (Å²) >= 11 is 0. The third-order valence-corrected chi connectivity index (χ3v) is 3.18. The maximum atomic E-state index is 13.4. The molecular formula is C17H14FN3O3. The average molecular weight is 327 g/mol. The summed E-state index contributed by atoms with van der Waals surface area (Å²) in [5.74, 6) is -0.313. The van der Waals surface area contributed by atoms with E-state index in [1.807, 2.05) is 0 Å². The normalized spacial score (nSPS) is 10.4. The van der Waals surface area contributed by atoms with Gasteiger partial charge < -0.3 is 14.5 Å². The van der Waals surface area contributed by atoms with Crippen molar-refractivity contribution < 1.29 is 18.3 Å². The average Bonchev–Trinajstić information content (AvgIpc) is 3.14. The fourth-order valence-electron chi connectivity index (χ4n) is 2.05. The van der Waals surface area contributed by atoms with Crippen LogP contribution in [0.5, 0.6) is 5.75 Å². The molecule has 0 spiro atoms. The lowest BCUT2D eigenvalue weighted by molar-refractivity contribution is -0.123. The summed E-state index contributed by atoms with van der Waals surface area (Å²) in [5, 5.41) is 2.66. The number of aromatic nitrogens is 2. The van der Waals surface area contributed by atoms with Crippen molar-refractivity contribution in [2.75, 3.05) is 6.61 Å². The lowest BCUT2D eigenvalue weighted by atomic mass is 10.2. The van der Waals surface area contributed by atoms with E-state index in [0.29, 0.717) is 17.1 Å². The number of hydrogen-bond acceptors (Lipinski definition) is 5. The summed E-state index contributed by atoms with van der Waals surface area (Å²) in [5.41, 5.74) is 1.12. The SMILES string of the molecule is O=C(COc1ccccc1F)NCc1nccnc1-c1ccco1. The number of nitrogens with one attached hydrogen (secondary N) is 1. The predicted octanol–water partition coefficient (Wildman–Crippen LogP) is 2.57. The number of carbonyl (C=O) groups excluding carboxylic acids is 1. The molecule has 1 aromatic carbocycles. The lowest BCUT2D eigenvalue weighted by Crippen LogP contribution is -2.29. The van der Waals surface area contributed by atoms with E-state index < -0.39 is 11.7 Å². The quantitative estimate of drug-likeness (QED) is 0.753. The first-order valence-corrected chi connectivity index (χ1v) is 7.22. The smallest absolute Gasteiger partial charge is 0.258 e. The Bertz CT molecular complexity index is 821. The van der Waals surface area contributed by atoms with Crippen LogP contribution in [0, 0.1) is 5.82 Å². The number of rotatable bonds is 6. The number of amides is 1. The Morgan fingerprint density at radius 3 is 2.79 bits per heavy atom. The van der Waals surface area contributed by atoms with Gasteiger partial charge in [0.15, 0.2) is 23.9 Å². The van der Waals surface area contributed by atoms with Gasteiger partial charge in [0.25, 0.3) is 5.91 Å². The molecule has 1 amide bonds. The summed E-state index contributed by atoms with van der Waals surface area (Å²) in [7, 11) is 0. The van der Waals surface area contributed by atoms with Crippen LogP contribution >= 0.6 is 0 Å². The minimum Gasteiger partial charge on any atom is -0.481 e. The Kier molecular flexibility index (Phi) is 4.81. The van der Waals surface area contributed by atoms with E-state index in [-0.39, 0.29) is 18.9 Å². The van der Waals surface area contributed by atoms with Crippen molar-refractivity contribution in [3.63, 3.8) is 0 Å². The third-order valence-electron chi connectivity index (χ3n) is 3.18. The summed E-state index contributed by atoms with van der Waals surface area (Å²) in [4.78, 5) is 20.3. The minimum absolute atomic E-state index is 0.0310. The van der Waals surface area contributed by atoms with Crippen LogP contribution in [-0.4, -0.2) is 22.5 Å². The zero-order valence-electron chi connectivity index (χ0n) is 12.6. The van der Waals surface area contributed by atoms with Gasteiger partial charge >= 0.3 is 0 Å². The molecule has 0 unspecified atom stereocenters. The molecular weight excluding hydrogens is 313 g/mol. The summed E-state index contributed by atoms with van der Waals surface area (Å²) in [6.07, 6.45) is 4.61. The summed E-state index contributed by atoms with van der Waals surface area (Å²) in [6.45, 7) is -0.138. The second-order valence-corrected chi connectivity index (χ2v) is 4.82. The predicted molar refractivity (Wildman–Crippen MR) is 83.5 cm³/mol. The Balaban J connectivity index is 1.58. The third kappa shape index (κ3) is 3.75. The number of ether oxygens (including phenoxy) is 1. The molecule has 2 aromatic heterocycles. The summed E-state index contributed by atoms with van der Waals surface area (Å²) < 4.78 is 23.9. The Labute approximate surface area is 137 Å². The van der Waals surface area contributed by atoms with Gasteiger partial charge in [-0.3, -0.25) is 9.78 Å². The molecule has 0 radical (unpaired) electrons. The number of para-hydroxylation sites is 1. The van der Waals surface area contributed by atoms with Crippen LogP contribution < -0.4 is 10.1 Å². The molecule has 0 aliphatic carbocycles. The minimum atomic E-state index is -0.515. The van der Waals surface area contributed by atoms with E-state index >= 15 is 0 Å². The molecule has 0 atom stereocenters. The van der Waals surface area contributed by atoms with E-state index in [1.165, 1.54) is 24.6 Å². The molecule has 2 heterocycles. The van der Waals surface area contributed by atoms with Gasteiger partial charge in [0.1, 0.15) is 5.69 Å². The Morgan fingerprint density at radius 1 is 1.17 bits per heavy atom. The first-order chi connectivity index (χ1) is 11.7. The highest BCUT2D eigenvalue weighted by Crippen LogP contribution is 2.19. The molecule has 0 aliphatic heterocycles. The highest BCUT2D eigenvalue weighted by Gasteiger charge is 2.12. The van der Waals surface area contributed by atoms with E-state index in [4.69, 9.17) is 9.15 Å². The van der Waals surface area contributed by atoms with E-state index in [9.17, 15) is 9.18 Å². The lowest BCUT2D eigenvalue weighted by Gasteiger charge is -2.09. The van der Waals surface area contributed by atoms with E-state index in [2.05, 4.69) is 15.3 Å². The highest BCUT2D eigenvalue weighted by atomic mass is 19.1. The molecule has 6 nitrogen and oxygen atoms in total. The maximum absolute atomic E-state index is 13.4. The van der Waals surface area contributed by atoms with E-state index in [1.54, 1.807) is 30.5 Å². The van der Waals surface area contributed by atoms with Gasteiger partial charge in [-0.15, -0.1) is 0 Å². The highest BCUT2D eigenvalue weighted by molar-refractivity contribution is 5.77. The Morgan fingerprint density at radius 2 is 2.00 bits per heavy atom. The summed E-state index contributed by atoms with van der Waals surface area (Å²) in [6, 6.07) is 9.41. The molecule has 0 saturated carbocycles. The van der Waals surface area contributed by atoms with Crippen molar-refractivity contribution in [2.45, 2.75) is 6.54 Å². The van der Waals surface area contributed by atoms with E-state index in [0.717, 1.165) is 0 Å². The zero-order valence-corrected chi connectivity index (χ0v) is 12.6. The van der Waals surface area contributed by atoms with Crippen molar-refractivity contribution in [3.05, 3.63) is 66.6 Å². The van der Waals surface area contributed by atoms with Crippen LogP contribution in [0.4, 0.5) is 4.39 Å². The number of benzene rings is 1. The van der Waals surface area contributed by atoms with Gasteiger partial charge in [0.2, 0.25) is 0 Å². The van der Waals surface area contributed by atoms with Crippen LogP contribution in [0.2, 0.25) is 0 Å². The van der Waals surface area contributed by atoms with Crippen molar-refractivity contribution in [3.8, 4) is 17.2 Å². The van der Waals surface area contributed by atoms with Gasteiger partial charge in [0, 0.05) is 12.4 Å². The van der Waals surface area contributed by atoms with Crippen molar-refractivity contribution in [1.82, 2.24) is 15.3 Å². The second-order valence-electron chi connectivity index (χ2n) is 4.82. The topological polar surface area (TPSA) is 77.2 Å². The molecule has 0 saturated heterocycles. The van der Waals surface area contributed by atoms with Gasteiger partial charge in [-0.1, -0.05) is 12.1 Å². The molecule has 0 bridgehead atoms. The van der Waals surface area contributed by atoms with Gasteiger partial charge in [0.05, 0.1) is 18.5 Å². The second kappa shape index (κ2) is 7.36. The molecule has 3 rings (SSSR count). The van der Waals surface area contributed by atoms with Crippen LogP contribution in [-0.2, 0) is 11.3 Å². The molecule has 3 aromatic rings. The van der Waals surface area contributed by atoms with Crippen molar-refractivity contribution in [1.29, 1.82) is 0 Å². The van der Waals surface area contributed by atoms with Crippen LogP contribution in [0.15, 0.2) is 59.5 Å².